The lowest BCUT2D eigenvalue weighted by molar-refractivity contribution is 0.0997. The molecule has 150 valence electrons. The Balaban J connectivity index is 1.72. The molecule has 0 atom stereocenters. The molecule has 2 amide bonds. The van der Waals surface area contributed by atoms with Gasteiger partial charge in [-0.3, -0.25) is 14.3 Å². The number of benzene rings is 1. The molecule has 0 saturated carbocycles. The number of aromatic nitrogens is 3. The average molecular weight is 393 g/mol. The summed E-state index contributed by atoms with van der Waals surface area (Å²) in [6.45, 7) is 6.02. The summed E-state index contributed by atoms with van der Waals surface area (Å²) in [7, 11) is 1.78. The van der Waals surface area contributed by atoms with E-state index in [4.69, 9.17) is 10.5 Å². The zero-order valence-electron chi connectivity index (χ0n) is 16.8. The number of hydrogen-bond acceptors (Lipinski definition) is 5. The molecule has 3 N–H and O–H groups in total. The molecular formula is C21H23N5O3. The van der Waals surface area contributed by atoms with Crippen molar-refractivity contribution in [2.24, 2.45) is 12.8 Å². The Morgan fingerprint density at radius 3 is 2.55 bits per heavy atom. The lowest BCUT2D eigenvalue weighted by Crippen LogP contribution is -2.20. The first kappa shape index (κ1) is 20.1. The third-order valence-corrected chi connectivity index (χ3v) is 4.12. The zero-order chi connectivity index (χ0) is 21.2. The molecule has 0 radical (unpaired) electrons. The first-order chi connectivity index (χ1) is 13.6. The number of carbonyl (C=O) groups is 2. The van der Waals surface area contributed by atoms with Gasteiger partial charge in [-0.15, -0.1) is 0 Å². The van der Waals surface area contributed by atoms with Crippen molar-refractivity contribution in [3.8, 4) is 11.6 Å². The van der Waals surface area contributed by atoms with Crippen LogP contribution in [0.5, 0.6) is 11.6 Å². The normalized spacial score (nSPS) is 11.2. The number of nitrogens with two attached hydrogens (primary N) is 1. The van der Waals surface area contributed by atoms with Gasteiger partial charge in [-0.2, -0.15) is 5.10 Å². The van der Waals surface area contributed by atoms with Crippen LogP contribution in [0.4, 0.5) is 5.69 Å². The highest BCUT2D eigenvalue weighted by Crippen LogP contribution is 2.25. The molecular weight excluding hydrogens is 370 g/mol. The minimum absolute atomic E-state index is 0.257. The molecule has 0 bridgehead atoms. The van der Waals surface area contributed by atoms with Gasteiger partial charge in [0.1, 0.15) is 5.75 Å². The van der Waals surface area contributed by atoms with Gasteiger partial charge in [-0.05, 0) is 24.3 Å². The molecule has 3 aromatic rings. The fourth-order valence-electron chi connectivity index (χ4n) is 2.76. The number of rotatable bonds is 5. The van der Waals surface area contributed by atoms with Crippen LogP contribution in [0.25, 0.3) is 0 Å². The number of anilines is 1. The number of aryl methyl sites for hydroxylation is 1. The summed E-state index contributed by atoms with van der Waals surface area (Å²) in [5.41, 5.74) is 7.12. The van der Waals surface area contributed by atoms with Gasteiger partial charge in [-0.25, -0.2) is 4.98 Å². The van der Waals surface area contributed by atoms with E-state index in [1.807, 2.05) is 20.8 Å². The standard InChI is InChI=1S/C21H23N5O3/c1-21(2,3)18-16(12-26(4)25-18)20(28)24-14-8-9-17(23-11-14)29-15-7-5-6-13(10-15)19(22)27/h5-12H,1-4H3,(H2,22,27)(H,24,28). The van der Waals surface area contributed by atoms with E-state index in [9.17, 15) is 9.59 Å². The van der Waals surface area contributed by atoms with E-state index in [-0.39, 0.29) is 11.3 Å². The van der Waals surface area contributed by atoms with Crippen LogP contribution in [0.15, 0.2) is 48.8 Å². The highest BCUT2D eigenvalue weighted by atomic mass is 16.5. The highest BCUT2D eigenvalue weighted by Gasteiger charge is 2.25. The van der Waals surface area contributed by atoms with Gasteiger partial charge >= 0.3 is 0 Å². The number of primary amides is 1. The van der Waals surface area contributed by atoms with Crippen LogP contribution in [0, 0.1) is 0 Å². The third-order valence-electron chi connectivity index (χ3n) is 4.12. The minimum Gasteiger partial charge on any atom is -0.439 e. The maximum atomic E-state index is 12.7. The first-order valence-corrected chi connectivity index (χ1v) is 9.03. The van der Waals surface area contributed by atoms with Crippen molar-refractivity contribution in [3.05, 3.63) is 65.6 Å². The molecule has 0 fully saturated rings. The van der Waals surface area contributed by atoms with E-state index in [0.29, 0.717) is 28.4 Å². The predicted molar refractivity (Wildman–Crippen MR) is 109 cm³/mol. The largest absolute Gasteiger partial charge is 0.439 e. The van der Waals surface area contributed by atoms with Gasteiger partial charge in [0, 0.05) is 30.3 Å². The smallest absolute Gasteiger partial charge is 0.259 e. The van der Waals surface area contributed by atoms with Crippen LogP contribution in [0.2, 0.25) is 0 Å². The Morgan fingerprint density at radius 2 is 1.93 bits per heavy atom. The van der Waals surface area contributed by atoms with Crippen molar-refractivity contribution in [2.75, 3.05) is 5.32 Å². The Kier molecular flexibility index (Phi) is 5.36. The number of amides is 2. The topological polar surface area (TPSA) is 112 Å². The highest BCUT2D eigenvalue weighted by molar-refractivity contribution is 6.05. The van der Waals surface area contributed by atoms with Crippen LogP contribution in [0.1, 0.15) is 47.2 Å². The van der Waals surface area contributed by atoms with Crippen LogP contribution >= 0.6 is 0 Å². The van der Waals surface area contributed by atoms with E-state index < -0.39 is 5.91 Å². The molecule has 1 aromatic carbocycles. The summed E-state index contributed by atoms with van der Waals surface area (Å²) in [6.07, 6.45) is 3.20. The van der Waals surface area contributed by atoms with Crippen molar-refractivity contribution < 1.29 is 14.3 Å². The Morgan fingerprint density at radius 1 is 1.17 bits per heavy atom. The van der Waals surface area contributed by atoms with Crippen molar-refractivity contribution in [1.82, 2.24) is 14.8 Å². The summed E-state index contributed by atoms with van der Waals surface area (Å²) >= 11 is 0. The molecule has 0 aliphatic carbocycles. The second-order valence-electron chi connectivity index (χ2n) is 7.65. The van der Waals surface area contributed by atoms with Gasteiger partial charge in [0.15, 0.2) is 0 Å². The molecule has 8 nitrogen and oxygen atoms in total. The maximum Gasteiger partial charge on any atom is 0.259 e. The predicted octanol–water partition coefficient (Wildman–Crippen LogP) is 3.26. The van der Waals surface area contributed by atoms with Gasteiger partial charge in [0.05, 0.1) is 23.1 Å². The fourth-order valence-corrected chi connectivity index (χ4v) is 2.76. The number of carbonyl (C=O) groups excluding carboxylic acids is 2. The summed E-state index contributed by atoms with van der Waals surface area (Å²) in [5, 5.41) is 7.24. The number of nitrogens with one attached hydrogen (secondary N) is 1. The molecule has 3 rings (SSSR count). The second kappa shape index (κ2) is 7.75. The Bertz CT molecular complexity index is 1050. The fraction of sp³-hybridized carbons (Fsp3) is 0.238. The first-order valence-electron chi connectivity index (χ1n) is 9.03. The van der Waals surface area contributed by atoms with Crippen molar-refractivity contribution in [3.63, 3.8) is 0 Å². The summed E-state index contributed by atoms with van der Waals surface area (Å²) in [5.74, 6) is -0.0312. The monoisotopic (exact) mass is 393 g/mol. The van der Waals surface area contributed by atoms with Crippen LogP contribution in [-0.4, -0.2) is 26.6 Å². The molecule has 0 spiro atoms. The lowest BCUT2D eigenvalue weighted by atomic mass is 9.89. The summed E-state index contributed by atoms with van der Waals surface area (Å²) in [4.78, 5) is 28.2. The number of nitrogens with zero attached hydrogens (tertiary/aromatic N) is 3. The van der Waals surface area contributed by atoms with Gasteiger partial charge in [0.2, 0.25) is 11.8 Å². The lowest BCUT2D eigenvalue weighted by Gasteiger charge is -2.17. The van der Waals surface area contributed by atoms with Crippen molar-refractivity contribution >= 4 is 17.5 Å². The van der Waals surface area contributed by atoms with Crippen LogP contribution < -0.4 is 15.8 Å². The van der Waals surface area contributed by atoms with Crippen molar-refractivity contribution in [2.45, 2.75) is 26.2 Å². The van der Waals surface area contributed by atoms with Crippen LogP contribution in [-0.2, 0) is 12.5 Å². The van der Waals surface area contributed by atoms with Gasteiger partial charge < -0.3 is 15.8 Å². The molecule has 8 heteroatoms. The van der Waals surface area contributed by atoms with E-state index in [2.05, 4.69) is 15.4 Å². The van der Waals surface area contributed by atoms with E-state index in [1.54, 1.807) is 48.3 Å². The molecule has 0 aliphatic heterocycles. The van der Waals surface area contributed by atoms with E-state index >= 15 is 0 Å². The molecule has 2 aromatic heterocycles. The van der Waals surface area contributed by atoms with E-state index in [1.165, 1.54) is 12.3 Å². The van der Waals surface area contributed by atoms with Gasteiger partial charge in [-0.1, -0.05) is 26.8 Å². The van der Waals surface area contributed by atoms with Gasteiger partial charge in [0.25, 0.3) is 5.91 Å². The maximum absolute atomic E-state index is 12.7. The molecule has 0 unspecified atom stereocenters. The minimum atomic E-state index is -0.536. The zero-order valence-corrected chi connectivity index (χ0v) is 16.8. The van der Waals surface area contributed by atoms with Crippen LogP contribution in [0.3, 0.4) is 0 Å². The number of ether oxygens (including phenoxy) is 1. The molecule has 0 saturated heterocycles. The number of pyridine rings is 1. The Labute approximate surface area is 168 Å². The Hall–Kier alpha value is -3.68. The SMILES string of the molecule is Cn1cc(C(=O)Nc2ccc(Oc3cccc(C(N)=O)c3)nc2)c(C(C)(C)C)n1. The quantitative estimate of drug-likeness (QED) is 0.691. The molecule has 0 aliphatic rings. The molecule has 29 heavy (non-hydrogen) atoms. The van der Waals surface area contributed by atoms with Crippen molar-refractivity contribution in [1.29, 1.82) is 0 Å². The average Bonchev–Trinajstić information content (AvgIpc) is 3.06. The number of hydrogen-bond donors (Lipinski definition) is 2. The molecule has 2 heterocycles. The van der Waals surface area contributed by atoms with E-state index in [0.717, 1.165) is 5.69 Å². The summed E-state index contributed by atoms with van der Waals surface area (Å²) < 4.78 is 7.27. The third kappa shape index (κ3) is 4.78. The summed E-state index contributed by atoms with van der Waals surface area (Å²) in [6, 6.07) is 9.82. The second-order valence-corrected chi connectivity index (χ2v) is 7.65.